The molecule has 1 aliphatic rings. The van der Waals surface area contributed by atoms with Gasteiger partial charge in [-0.3, -0.25) is 14.8 Å². The SMILES string of the molecule is COc1cccc(-c2cc(C(=O)NCC#Cc3ccc(N4CCOC4=O)cc3)[nH]n2)c1. The fourth-order valence-corrected chi connectivity index (χ4v) is 3.09. The van der Waals surface area contributed by atoms with Crippen LogP contribution in [0.2, 0.25) is 0 Å². The number of carbonyl (C=O) groups excluding carboxylic acids is 2. The van der Waals surface area contributed by atoms with Gasteiger partial charge >= 0.3 is 6.09 Å². The van der Waals surface area contributed by atoms with Crippen LogP contribution in [0.3, 0.4) is 0 Å². The fraction of sp³-hybridized carbons (Fsp3) is 0.174. The number of nitrogens with one attached hydrogen (secondary N) is 2. The Hall–Kier alpha value is -4.25. The summed E-state index contributed by atoms with van der Waals surface area (Å²) in [6.45, 7) is 1.13. The lowest BCUT2D eigenvalue weighted by Crippen LogP contribution is -2.23. The number of hydrogen-bond donors (Lipinski definition) is 2. The summed E-state index contributed by atoms with van der Waals surface area (Å²) in [5, 5.41) is 9.67. The molecule has 2 heterocycles. The lowest BCUT2D eigenvalue weighted by Gasteiger charge is -2.11. The molecule has 0 spiro atoms. The Morgan fingerprint density at radius 2 is 2.10 bits per heavy atom. The monoisotopic (exact) mass is 416 g/mol. The van der Waals surface area contributed by atoms with Crippen LogP contribution in [-0.4, -0.2) is 49.0 Å². The first kappa shape index (κ1) is 20.0. The lowest BCUT2D eigenvalue weighted by atomic mass is 10.1. The molecule has 1 fully saturated rings. The number of hydrogen-bond acceptors (Lipinski definition) is 5. The van der Waals surface area contributed by atoms with Gasteiger partial charge in [0.1, 0.15) is 18.1 Å². The molecule has 4 rings (SSSR count). The second-order valence-electron chi connectivity index (χ2n) is 6.70. The highest BCUT2D eigenvalue weighted by atomic mass is 16.6. The second kappa shape index (κ2) is 9.05. The van der Waals surface area contributed by atoms with Crippen molar-refractivity contribution in [2.75, 3.05) is 31.7 Å². The Balaban J connectivity index is 1.32. The number of aromatic amines is 1. The van der Waals surface area contributed by atoms with E-state index in [1.54, 1.807) is 18.1 Å². The molecule has 2 aromatic carbocycles. The molecular formula is C23H20N4O4. The van der Waals surface area contributed by atoms with E-state index in [9.17, 15) is 9.59 Å². The predicted octanol–water partition coefficient (Wildman–Crippen LogP) is 2.82. The van der Waals surface area contributed by atoms with Crippen molar-refractivity contribution in [1.82, 2.24) is 15.5 Å². The van der Waals surface area contributed by atoms with Gasteiger partial charge in [0.2, 0.25) is 0 Å². The predicted molar refractivity (Wildman–Crippen MR) is 115 cm³/mol. The van der Waals surface area contributed by atoms with E-state index in [1.807, 2.05) is 48.5 Å². The van der Waals surface area contributed by atoms with E-state index in [0.717, 1.165) is 22.6 Å². The number of anilines is 1. The smallest absolute Gasteiger partial charge is 0.414 e. The zero-order valence-electron chi connectivity index (χ0n) is 16.8. The average molecular weight is 416 g/mol. The molecule has 2 N–H and O–H groups in total. The van der Waals surface area contributed by atoms with Crippen LogP contribution in [0.25, 0.3) is 11.3 Å². The molecule has 8 nitrogen and oxygen atoms in total. The highest BCUT2D eigenvalue weighted by Gasteiger charge is 2.23. The third-order valence-electron chi connectivity index (χ3n) is 4.70. The molecule has 1 aromatic heterocycles. The third-order valence-corrected chi connectivity index (χ3v) is 4.70. The first-order valence-corrected chi connectivity index (χ1v) is 9.65. The summed E-state index contributed by atoms with van der Waals surface area (Å²) in [4.78, 5) is 25.5. The number of rotatable bonds is 5. The maximum Gasteiger partial charge on any atom is 0.414 e. The third kappa shape index (κ3) is 4.67. The molecule has 2 amide bonds. The minimum absolute atomic E-state index is 0.187. The minimum Gasteiger partial charge on any atom is -0.497 e. The van der Waals surface area contributed by atoms with Crippen LogP contribution in [0.5, 0.6) is 5.75 Å². The highest BCUT2D eigenvalue weighted by Crippen LogP contribution is 2.22. The topological polar surface area (TPSA) is 96.5 Å². The highest BCUT2D eigenvalue weighted by molar-refractivity contribution is 5.93. The van der Waals surface area contributed by atoms with Crippen molar-refractivity contribution >= 4 is 17.7 Å². The first-order chi connectivity index (χ1) is 15.1. The van der Waals surface area contributed by atoms with E-state index in [0.29, 0.717) is 24.5 Å². The number of amides is 2. The van der Waals surface area contributed by atoms with Crippen molar-refractivity contribution in [3.8, 4) is 28.8 Å². The maximum atomic E-state index is 12.3. The number of aromatic nitrogens is 2. The molecular weight excluding hydrogens is 396 g/mol. The number of H-pyrrole nitrogens is 1. The van der Waals surface area contributed by atoms with E-state index in [4.69, 9.17) is 9.47 Å². The van der Waals surface area contributed by atoms with Crippen LogP contribution >= 0.6 is 0 Å². The maximum absolute atomic E-state index is 12.3. The molecule has 156 valence electrons. The Bertz CT molecular complexity index is 1160. The molecule has 0 aliphatic carbocycles. The van der Waals surface area contributed by atoms with Crippen LogP contribution in [0, 0.1) is 11.8 Å². The van der Waals surface area contributed by atoms with E-state index in [-0.39, 0.29) is 18.5 Å². The molecule has 0 unspecified atom stereocenters. The molecule has 31 heavy (non-hydrogen) atoms. The summed E-state index contributed by atoms with van der Waals surface area (Å²) < 4.78 is 10.1. The minimum atomic E-state index is -0.338. The summed E-state index contributed by atoms with van der Waals surface area (Å²) in [5.74, 6) is 6.33. The second-order valence-corrected chi connectivity index (χ2v) is 6.70. The van der Waals surface area contributed by atoms with Crippen molar-refractivity contribution in [2.24, 2.45) is 0 Å². The molecule has 0 bridgehead atoms. The molecule has 1 aliphatic heterocycles. The standard InChI is InChI=1S/C23H20N4O4/c1-30-19-6-2-5-17(14-19)20-15-21(26-25-20)22(28)24-11-3-4-16-7-9-18(10-8-16)27-12-13-31-23(27)29/h2,5-10,14-15H,11-13H2,1H3,(H,24,28)(H,25,26). The molecule has 1 saturated heterocycles. The number of cyclic esters (lactones) is 1. The van der Waals surface area contributed by atoms with Gasteiger partial charge in [0, 0.05) is 16.8 Å². The van der Waals surface area contributed by atoms with Crippen LogP contribution in [0.15, 0.2) is 54.6 Å². The number of methoxy groups -OCH3 is 1. The van der Waals surface area contributed by atoms with Crippen molar-refractivity contribution in [1.29, 1.82) is 0 Å². The van der Waals surface area contributed by atoms with Crippen LogP contribution in [-0.2, 0) is 4.74 Å². The average Bonchev–Trinajstić information content (AvgIpc) is 3.47. The zero-order valence-corrected chi connectivity index (χ0v) is 16.8. The van der Waals surface area contributed by atoms with Gasteiger partial charge in [-0.05, 0) is 42.5 Å². The van der Waals surface area contributed by atoms with Gasteiger partial charge in [-0.15, -0.1) is 0 Å². The van der Waals surface area contributed by atoms with Crippen molar-refractivity contribution in [3.63, 3.8) is 0 Å². The van der Waals surface area contributed by atoms with Crippen LogP contribution in [0.4, 0.5) is 10.5 Å². The van der Waals surface area contributed by atoms with Crippen LogP contribution < -0.4 is 15.0 Å². The number of carbonyl (C=O) groups is 2. The van der Waals surface area contributed by atoms with E-state index in [1.165, 1.54) is 0 Å². The van der Waals surface area contributed by atoms with Crippen molar-refractivity contribution in [2.45, 2.75) is 0 Å². The van der Waals surface area contributed by atoms with Crippen molar-refractivity contribution in [3.05, 3.63) is 65.9 Å². The van der Waals surface area contributed by atoms with Gasteiger partial charge in [-0.25, -0.2) is 4.79 Å². The number of nitrogens with zero attached hydrogens (tertiary/aromatic N) is 2. The van der Waals surface area contributed by atoms with Gasteiger partial charge in [0.25, 0.3) is 5.91 Å². The van der Waals surface area contributed by atoms with Crippen LogP contribution in [0.1, 0.15) is 16.1 Å². The normalized spacial score (nSPS) is 12.7. The summed E-state index contributed by atoms with van der Waals surface area (Å²) >= 11 is 0. The molecule has 3 aromatic rings. The number of ether oxygens (including phenoxy) is 2. The van der Waals surface area contributed by atoms with Crippen molar-refractivity contribution < 1.29 is 19.1 Å². The van der Waals surface area contributed by atoms with E-state index in [2.05, 4.69) is 27.4 Å². The summed E-state index contributed by atoms with van der Waals surface area (Å²) in [6.07, 6.45) is -0.338. The number of benzene rings is 2. The van der Waals surface area contributed by atoms with E-state index < -0.39 is 0 Å². The molecule has 0 atom stereocenters. The summed E-state index contributed by atoms with van der Waals surface area (Å²) in [6, 6.07) is 16.4. The Labute approximate surface area is 179 Å². The Kier molecular flexibility index (Phi) is 5.85. The van der Waals surface area contributed by atoms with Gasteiger partial charge in [-0.2, -0.15) is 5.10 Å². The lowest BCUT2D eigenvalue weighted by molar-refractivity contribution is 0.0953. The van der Waals surface area contributed by atoms with Gasteiger partial charge < -0.3 is 14.8 Å². The summed E-state index contributed by atoms with van der Waals surface area (Å²) in [5.41, 5.74) is 3.40. The fourth-order valence-electron chi connectivity index (χ4n) is 3.09. The largest absolute Gasteiger partial charge is 0.497 e. The van der Waals surface area contributed by atoms with Gasteiger partial charge in [0.15, 0.2) is 0 Å². The van der Waals surface area contributed by atoms with Gasteiger partial charge in [0.05, 0.1) is 25.9 Å². The molecule has 0 radical (unpaired) electrons. The Morgan fingerprint density at radius 1 is 1.26 bits per heavy atom. The van der Waals surface area contributed by atoms with E-state index >= 15 is 0 Å². The van der Waals surface area contributed by atoms with Gasteiger partial charge in [-0.1, -0.05) is 24.0 Å². The zero-order chi connectivity index (χ0) is 21.6. The Morgan fingerprint density at radius 3 is 2.84 bits per heavy atom. The quantitative estimate of drug-likeness (QED) is 0.624. The molecule has 0 saturated carbocycles. The summed E-state index contributed by atoms with van der Waals surface area (Å²) in [7, 11) is 1.60. The first-order valence-electron chi connectivity index (χ1n) is 9.65. The molecule has 8 heteroatoms.